The summed E-state index contributed by atoms with van der Waals surface area (Å²) in [6.45, 7) is 7.70. The summed E-state index contributed by atoms with van der Waals surface area (Å²) >= 11 is 0. The predicted octanol–water partition coefficient (Wildman–Crippen LogP) is 1.09. The van der Waals surface area contributed by atoms with E-state index in [9.17, 15) is 5.11 Å². The van der Waals surface area contributed by atoms with Crippen molar-refractivity contribution in [3.8, 4) is 0 Å². The molecule has 1 aliphatic rings. The number of nitrogen functional groups attached to an aromatic ring is 1. The first-order chi connectivity index (χ1) is 9.01. The summed E-state index contributed by atoms with van der Waals surface area (Å²) in [6.07, 6.45) is 0.716. The minimum atomic E-state index is -0.275. The maximum absolute atomic E-state index is 9.67. The van der Waals surface area contributed by atoms with Crippen LogP contribution in [0.4, 0.5) is 11.6 Å². The van der Waals surface area contributed by atoms with Crippen molar-refractivity contribution in [1.29, 1.82) is 0 Å². The summed E-state index contributed by atoms with van der Waals surface area (Å²) in [4.78, 5) is 11.1. The molecule has 1 aliphatic heterocycles. The summed E-state index contributed by atoms with van der Waals surface area (Å²) in [5, 5.41) is 9.67. The molecule has 0 spiro atoms. The first kappa shape index (κ1) is 14.0. The highest BCUT2D eigenvalue weighted by Crippen LogP contribution is 2.26. The number of rotatable bonds is 4. The fourth-order valence-electron chi connectivity index (χ4n) is 2.34. The SMILES string of the molecule is CC(C)c1nc(NN)cc(N2CCC(C(C)O)C2)n1. The van der Waals surface area contributed by atoms with Gasteiger partial charge in [-0.3, -0.25) is 0 Å². The molecule has 6 nitrogen and oxygen atoms in total. The van der Waals surface area contributed by atoms with E-state index in [-0.39, 0.29) is 12.0 Å². The van der Waals surface area contributed by atoms with Gasteiger partial charge in [0.15, 0.2) is 0 Å². The molecule has 0 aromatic carbocycles. The first-order valence-corrected chi connectivity index (χ1v) is 6.80. The lowest BCUT2D eigenvalue weighted by Gasteiger charge is -2.20. The van der Waals surface area contributed by atoms with Gasteiger partial charge in [0.1, 0.15) is 17.5 Å². The molecule has 0 bridgehead atoms. The van der Waals surface area contributed by atoms with E-state index in [0.717, 1.165) is 31.2 Å². The van der Waals surface area contributed by atoms with Crippen molar-refractivity contribution in [3.05, 3.63) is 11.9 Å². The number of nitrogens with zero attached hydrogens (tertiary/aromatic N) is 3. The van der Waals surface area contributed by atoms with Crippen LogP contribution in [0.3, 0.4) is 0 Å². The van der Waals surface area contributed by atoms with Crippen LogP contribution in [0.25, 0.3) is 0 Å². The van der Waals surface area contributed by atoms with Gasteiger partial charge in [0.2, 0.25) is 0 Å². The van der Waals surface area contributed by atoms with Gasteiger partial charge in [-0.15, -0.1) is 0 Å². The molecule has 1 aromatic heterocycles. The Bertz CT molecular complexity index is 435. The Morgan fingerprint density at radius 3 is 2.68 bits per heavy atom. The average molecular weight is 265 g/mol. The Morgan fingerprint density at radius 2 is 2.16 bits per heavy atom. The van der Waals surface area contributed by atoms with E-state index in [1.54, 1.807) is 0 Å². The Balaban J connectivity index is 2.22. The molecule has 0 saturated carbocycles. The van der Waals surface area contributed by atoms with Crippen LogP contribution in [0.5, 0.6) is 0 Å². The van der Waals surface area contributed by atoms with Crippen LogP contribution in [-0.2, 0) is 0 Å². The second kappa shape index (κ2) is 5.71. The summed E-state index contributed by atoms with van der Waals surface area (Å²) in [5.74, 6) is 8.33. The van der Waals surface area contributed by atoms with E-state index < -0.39 is 0 Å². The molecule has 2 heterocycles. The molecule has 6 heteroatoms. The number of nitrogens with two attached hydrogens (primary N) is 1. The number of aliphatic hydroxyl groups excluding tert-OH is 1. The van der Waals surface area contributed by atoms with E-state index in [1.165, 1.54) is 0 Å². The summed E-state index contributed by atoms with van der Waals surface area (Å²) in [7, 11) is 0. The molecule has 1 fully saturated rings. The van der Waals surface area contributed by atoms with Crippen LogP contribution in [0.2, 0.25) is 0 Å². The second-order valence-electron chi connectivity index (χ2n) is 5.50. The highest BCUT2D eigenvalue weighted by molar-refractivity contribution is 5.49. The average Bonchev–Trinajstić information content (AvgIpc) is 2.87. The van der Waals surface area contributed by atoms with Crippen LogP contribution >= 0.6 is 0 Å². The number of hydrogen-bond donors (Lipinski definition) is 3. The van der Waals surface area contributed by atoms with E-state index in [4.69, 9.17) is 5.84 Å². The Labute approximate surface area is 114 Å². The predicted molar refractivity (Wildman–Crippen MR) is 75.9 cm³/mol. The summed E-state index contributed by atoms with van der Waals surface area (Å²) < 4.78 is 0. The lowest BCUT2D eigenvalue weighted by Crippen LogP contribution is -2.25. The Kier molecular flexibility index (Phi) is 4.21. The number of anilines is 2. The van der Waals surface area contributed by atoms with Gasteiger partial charge in [0.25, 0.3) is 0 Å². The smallest absolute Gasteiger partial charge is 0.145 e. The molecule has 0 radical (unpaired) electrons. The summed E-state index contributed by atoms with van der Waals surface area (Å²) in [5.41, 5.74) is 2.59. The third-order valence-electron chi connectivity index (χ3n) is 3.63. The molecule has 0 amide bonds. The van der Waals surface area contributed by atoms with Crippen LogP contribution < -0.4 is 16.2 Å². The largest absolute Gasteiger partial charge is 0.393 e. The quantitative estimate of drug-likeness (QED) is 0.558. The van der Waals surface area contributed by atoms with Gasteiger partial charge in [-0.1, -0.05) is 13.8 Å². The molecule has 1 aromatic rings. The van der Waals surface area contributed by atoms with Crippen LogP contribution in [0, 0.1) is 5.92 Å². The minimum absolute atomic E-state index is 0.252. The highest BCUT2D eigenvalue weighted by Gasteiger charge is 2.27. The van der Waals surface area contributed by atoms with E-state index in [2.05, 4.69) is 34.1 Å². The Hall–Kier alpha value is -1.40. The maximum Gasteiger partial charge on any atom is 0.145 e. The maximum atomic E-state index is 9.67. The normalized spacial score (nSPS) is 20.9. The van der Waals surface area contributed by atoms with Crippen molar-refractivity contribution in [2.24, 2.45) is 11.8 Å². The van der Waals surface area contributed by atoms with E-state index in [0.29, 0.717) is 11.7 Å². The van der Waals surface area contributed by atoms with Gasteiger partial charge in [-0.2, -0.15) is 0 Å². The molecule has 4 N–H and O–H groups in total. The van der Waals surface area contributed by atoms with Gasteiger partial charge in [-0.05, 0) is 13.3 Å². The molecule has 2 unspecified atom stereocenters. The molecule has 106 valence electrons. The lowest BCUT2D eigenvalue weighted by molar-refractivity contribution is 0.136. The van der Waals surface area contributed by atoms with Crippen molar-refractivity contribution in [1.82, 2.24) is 9.97 Å². The van der Waals surface area contributed by atoms with Crippen LogP contribution in [-0.4, -0.2) is 34.3 Å². The Morgan fingerprint density at radius 1 is 1.42 bits per heavy atom. The number of hydrazine groups is 1. The number of aliphatic hydroxyl groups is 1. The van der Waals surface area contributed by atoms with Gasteiger partial charge in [0.05, 0.1) is 6.10 Å². The zero-order chi connectivity index (χ0) is 14.0. The molecular formula is C13H23N5O. The highest BCUT2D eigenvalue weighted by atomic mass is 16.3. The van der Waals surface area contributed by atoms with Gasteiger partial charge in [0, 0.05) is 31.0 Å². The van der Waals surface area contributed by atoms with Gasteiger partial charge < -0.3 is 15.4 Å². The van der Waals surface area contributed by atoms with Gasteiger partial charge >= 0.3 is 0 Å². The third-order valence-corrected chi connectivity index (χ3v) is 3.63. The van der Waals surface area contributed by atoms with Crippen molar-refractivity contribution >= 4 is 11.6 Å². The fourth-order valence-corrected chi connectivity index (χ4v) is 2.34. The minimum Gasteiger partial charge on any atom is -0.393 e. The van der Waals surface area contributed by atoms with Crippen molar-refractivity contribution in [3.63, 3.8) is 0 Å². The third kappa shape index (κ3) is 3.13. The molecule has 19 heavy (non-hydrogen) atoms. The molecule has 1 saturated heterocycles. The zero-order valence-corrected chi connectivity index (χ0v) is 11.8. The van der Waals surface area contributed by atoms with Crippen molar-refractivity contribution in [2.75, 3.05) is 23.4 Å². The van der Waals surface area contributed by atoms with Crippen molar-refractivity contribution < 1.29 is 5.11 Å². The lowest BCUT2D eigenvalue weighted by atomic mass is 10.0. The molecular weight excluding hydrogens is 242 g/mol. The van der Waals surface area contributed by atoms with Crippen LogP contribution in [0.1, 0.15) is 38.9 Å². The second-order valence-corrected chi connectivity index (χ2v) is 5.50. The molecule has 0 aliphatic carbocycles. The number of hydrogen-bond acceptors (Lipinski definition) is 6. The molecule has 2 rings (SSSR count). The molecule has 2 atom stereocenters. The number of aromatic nitrogens is 2. The van der Waals surface area contributed by atoms with Crippen molar-refractivity contribution in [2.45, 2.75) is 39.2 Å². The number of nitrogens with one attached hydrogen (secondary N) is 1. The summed E-state index contributed by atoms with van der Waals surface area (Å²) in [6, 6.07) is 1.86. The van der Waals surface area contributed by atoms with E-state index >= 15 is 0 Å². The van der Waals surface area contributed by atoms with Gasteiger partial charge in [-0.25, -0.2) is 15.8 Å². The topological polar surface area (TPSA) is 87.3 Å². The monoisotopic (exact) mass is 265 g/mol. The first-order valence-electron chi connectivity index (χ1n) is 6.80. The standard InChI is InChI=1S/C13H23N5O/c1-8(2)13-15-11(17-14)6-12(16-13)18-5-4-10(7-18)9(3)19/h6,8-10,19H,4-5,7,14H2,1-3H3,(H,15,16,17). The zero-order valence-electron chi connectivity index (χ0n) is 11.8. The fraction of sp³-hybridized carbons (Fsp3) is 0.692. The van der Waals surface area contributed by atoms with Crippen LogP contribution in [0.15, 0.2) is 6.07 Å². The van der Waals surface area contributed by atoms with E-state index in [1.807, 2.05) is 13.0 Å².